The topological polar surface area (TPSA) is 316 Å². The van der Waals surface area contributed by atoms with Gasteiger partial charge in [-0.1, -0.05) is 0 Å². The molecule has 0 spiro atoms. The summed E-state index contributed by atoms with van der Waals surface area (Å²) in [6.07, 6.45) is -31.4. The lowest BCUT2D eigenvalue weighted by Gasteiger charge is -2.50. The number of carbonyl (C=O) groups excluding carboxylic acids is 1. The molecule has 0 aromatic rings. The van der Waals surface area contributed by atoms with E-state index < -0.39 is 142 Å². The summed E-state index contributed by atoms with van der Waals surface area (Å²) in [4.78, 5) is 12.0. The Hall–Kier alpha value is -1.25. The number of ether oxygens (including phenoxy) is 7. The van der Waals surface area contributed by atoms with Crippen LogP contribution < -0.4 is 5.32 Å². The normalized spacial score (nSPS) is 51.9. The average Bonchev–Trinajstić information content (AvgIpc) is 3.01. The zero-order valence-corrected chi connectivity index (χ0v) is 25.1. The molecular weight excluding hydrogens is 630 g/mol. The van der Waals surface area contributed by atoms with E-state index in [9.17, 15) is 61.0 Å². The van der Waals surface area contributed by atoms with Crippen molar-refractivity contribution in [2.24, 2.45) is 0 Å². The van der Waals surface area contributed by atoms with Crippen LogP contribution in [0.25, 0.3) is 0 Å². The smallest absolute Gasteiger partial charge is 0.217 e. The molecule has 4 aliphatic rings. The van der Waals surface area contributed by atoms with Crippen molar-refractivity contribution in [1.82, 2.24) is 5.32 Å². The van der Waals surface area contributed by atoms with Gasteiger partial charge in [-0.3, -0.25) is 4.79 Å². The third kappa shape index (κ3) is 7.64. The predicted molar refractivity (Wildman–Crippen MR) is 143 cm³/mol. The van der Waals surface area contributed by atoms with E-state index in [-0.39, 0.29) is 0 Å². The standard InChI is InChI=1S/C26H45NO19/c1-6-12(31)18(37)21(23(39)40-6)45-26-22(46-24-11(27-8(3)30)16(35)14(33)9(4-28)42-24)20(13(32)7(2)41-26)44-25-19(38)17(36)15(34)10(5-29)43-25/h6-7,9-26,28-29,31-39H,4-5H2,1-3H3,(H,27,30)/t6?,7?,9?,10-,11?,12+,13+,14+,15-,16-,17?,18-,19?,20-,21?,22?,23-,24+,25-,26+/m1/s1. The summed E-state index contributed by atoms with van der Waals surface area (Å²) in [5, 5.41) is 117. The van der Waals surface area contributed by atoms with Crippen LogP contribution in [0.15, 0.2) is 0 Å². The lowest BCUT2D eigenvalue weighted by Crippen LogP contribution is -2.69. The zero-order chi connectivity index (χ0) is 34.2. The lowest BCUT2D eigenvalue weighted by molar-refractivity contribution is -0.400. The van der Waals surface area contributed by atoms with Crippen molar-refractivity contribution in [2.75, 3.05) is 13.2 Å². The fourth-order valence-electron chi connectivity index (χ4n) is 5.79. The predicted octanol–water partition coefficient (Wildman–Crippen LogP) is -7.55. The number of carbonyl (C=O) groups is 1. The van der Waals surface area contributed by atoms with Crippen LogP contribution in [0, 0.1) is 0 Å². The molecule has 20 nitrogen and oxygen atoms in total. The summed E-state index contributed by atoms with van der Waals surface area (Å²) in [5.74, 6) is -0.694. The first-order chi connectivity index (χ1) is 21.6. The van der Waals surface area contributed by atoms with Crippen LogP contribution in [0.3, 0.4) is 0 Å². The van der Waals surface area contributed by atoms with Gasteiger partial charge in [0.15, 0.2) is 25.2 Å². The van der Waals surface area contributed by atoms with Gasteiger partial charge in [-0.2, -0.15) is 0 Å². The van der Waals surface area contributed by atoms with Crippen LogP contribution in [0.5, 0.6) is 0 Å². The summed E-state index contributed by atoms with van der Waals surface area (Å²) in [5.41, 5.74) is 0. The summed E-state index contributed by atoms with van der Waals surface area (Å²) < 4.78 is 39.8. The molecule has 20 atom stereocenters. The molecule has 0 aromatic heterocycles. The van der Waals surface area contributed by atoms with Crippen LogP contribution in [-0.2, 0) is 38.0 Å². The van der Waals surface area contributed by atoms with E-state index in [1.165, 1.54) is 13.8 Å². The molecule has 0 aliphatic carbocycles. The third-order valence-corrected chi connectivity index (χ3v) is 8.53. The second-order valence-corrected chi connectivity index (χ2v) is 11.8. The molecule has 4 saturated heterocycles. The molecule has 0 saturated carbocycles. The summed E-state index contributed by atoms with van der Waals surface area (Å²) >= 11 is 0. The van der Waals surface area contributed by atoms with E-state index >= 15 is 0 Å². The fraction of sp³-hybridized carbons (Fsp3) is 0.962. The van der Waals surface area contributed by atoms with Crippen LogP contribution in [-0.4, -0.2) is 198 Å². The lowest BCUT2D eigenvalue weighted by atomic mass is 9.95. The maximum Gasteiger partial charge on any atom is 0.217 e. The average molecular weight is 676 g/mol. The van der Waals surface area contributed by atoms with Gasteiger partial charge < -0.3 is 94.6 Å². The first-order valence-electron chi connectivity index (χ1n) is 14.8. The maximum absolute atomic E-state index is 12.0. The number of hydrogen-bond acceptors (Lipinski definition) is 19. The number of aliphatic hydroxyl groups is 11. The second kappa shape index (κ2) is 15.5. The van der Waals surface area contributed by atoms with Gasteiger partial charge in [0, 0.05) is 6.92 Å². The van der Waals surface area contributed by atoms with Crippen molar-refractivity contribution in [1.29, 1.82) is 0 Å². The van der Waals surface area contributed by atoms with E-state index in [4.69, 9.17) is 33.2 Å². The van der Waals surface area contributed by atoms with E-state index in [1.54, 1.807) is 0 Å². The molecule has 0 radical (unpaired) electrons. The number of rotatable bonds is 9. The van der Waals surface area contributed by atoms with Gasteiger partial charge >= 0.3 is 0 Å². The first kappa shape index (κ1) is 37.6. The van der Waals surface area contributed by atoms with Gasteiger partial charge in [0.25, 0.3) is 0 Å². The molecule has 0 bridgehead atoms. The van der Waals surface area contributed by atoms with Crippen LogP contribution in [0.2, 0.25) is 0 Å². The van der Waals surface area contributed by atoms with Crippen molar-refractivity contribution in [3.05, 3.63) is 0 Å². The highest BCUT2D eigenvalue weighted by molar-refractivity contribution is 5.73. The molecule has 20 heteroatoms. The molecule has 4 rings (SSSR count). The van der Waals surface area contributed by atoms with E-state index in [2.05, 4.69) is 5.32 Å². The number of hydrogen-bond donors (Lipinski definition) is 12. The Labute approximate surface area is 262 Å². The molecular formula is C26H45NO19. The number of amides is 1. The van der Waals surface area contributed by atoms with Crippen LogP contribution in [0.1, 0.15) is 20.8 Å². The van der Waals surface area contributed by atoms with E-state index in [0.29, 0.717) is 0 Å². The van der Waals surface area contributed by atoms with E-state index in [0.717, 1.165) is 6.92 Å². The summed E-state index contributed by atoms with van der Waals surface area (Å²) in [6.45, 7) is 2.22. The Morgan fingerprint density at radius 3 is 1.67 bits per heavy atom. The van der Waals surface area contributed by atoms with Gasteiger partial charge in [0.2, 0.25) is 5.91 Å². The SMILES string of the molecule is CC(=O)NC1[C@H](OC2[C@H](OC3[C@H](O)OC(C)[C@H](O)[C@H]3O)OC(C)[C@H](O)[C@H]2O[C@H]2O[C@H](CO)[C@@H](O)C(O)C2O)OC(CO)[C@H](O)[C@@H]1O. The highest BCUT2D eigenvalue weighted by atomic mass is 16.8. The molecule has 8 unspecified atom stereocenters. The zero-order valence-electron chi connectivity index (χ0n) is 25.1. The summed E-state index contributed by atoms with van der Waals surface area (Å²) in [6, 6.07) is -1.52. The fourth-order valence-corrected chi connectivity index (χ4v) is 5.79. The van der Waals surface area contributed by atoms with Crippen molar-refractivity contribution in [3.8, 4) is 0 Å². The van der Waals surface area contributed by atoms with Crippen molar-refractivity contribution in [3.63, 3.8) is 0 Å². The quantitative estimate of drug-likeness (QED) is 0.108. The van der Waals surface area contributed by atoms with Gasteiger partial charge in [-0.25, -0.2) is 0 Å². The van der Waals surface area contributed by atoms with Gasteiger partial charge in [0.05, 0.1) is 25.4 Å². The minimum atomic E-state index is -1.94. The van der Waals surface area contributed by atoms with Gasteiger partial charge in [-0.05, 0) is 13.8 Å². The number of aliphatic hydroxyl groups excluding tert-OH is 11. The highest BCUT2D eigenvalue weighted by Gasteiger charge is 2.56. The minimum absolute atomic E-state index is 0.694. The Kier molecular flexibility index (Phi) is 12.7. The minimum Gasteiger partial charge on any atom is -0.394 e. The Morgan fingerprint density at radius 2 is 1.09 bits per heavy atom. The highest BCUT2D eigenvalue weighted by Crippen LogP contribution is 2.35. The van der Waals surface area contributed by atoms with Crippen LogP contribution >= 0.6 is 0 Å². The molecule has 0 aromatic carbocycles. The van der Waals surface area contributed by atoms with Crippen molar-refractivity contribution >= 4 is 5.91 Å². The second-order valence-electron chi connectivity index (χ2n) is 11.8. The van der Waals surface area contributed by atoms with Crippen molar-refractivity contribution in [2.45, 2.75) is 144 Å². The summed E-state index contributed by atoms with van der Waals surface area (Å²) in [7, 11) is 0. The Balaban J connectivity index is 1.71. The van der Waals surface area contributed by atoms with Gasteiger partial charge in [-0.15, -0.1) is 0 Å². The van der Waals surface area contributed by atoms with Crippen molar-refractivity contribution < 1.29 is 94.1 Å². The molecule has 268 valence electrons. The Bertz CT molecular complexity index is 995. The van der Waals surface area contributed by atoms with Gasteiger partial charge in [0.1, 0.15) is 85.4 Å². The molecule has 46 heavy (non-hydrogen) atoms. The molecule has 12 N–H and O–H groups in total. The molecule has 4 aliphatic heterocycles. The Morgan fingerprint density at radius 1 is 0.565 bits per heavy atom. The molecule has 4 heterocycles. The number of nitrogens with one attached hydrogen (secondary N) is 1. The third-order valence-electron chi connectivity index (χ3n) is 8.53. The molecule has 1 amide bonds. The molecule has 4 fully saturated rings. The monoisotopic (exact) mass is 675 g/mol. The van der Waals surface area contributed by atoms with E-state index in [1.807, 2.05) is 0 Å². The largest absolute Gasteiger partial charge is 0.394 e. The van der Waals surface area contributed by atoms with Crippen LogP contribution in [0.4, 0.5) is 0 Å². The maximum atomic E-state index is 12.0. The first-order valence-corrected chi connectivity index (χ1v) is 14.8.